The van der Waals surface area contributed by atoms with Crippen LogP contribution in [0.1, 0.15) is 20.3 Å². The molecule has 1 heterocycles. The Morgan fingerprint density at radius 2 is 2.33 bits per heavy atom. The van der Waals surface area contributed by atoms with Gasteiger partial charge < -0.3 is 10.2 Å². The minimum Gasteiger partial charge on any atom is -0.344 e. The van der Waals surface area contributed by atoms with Gasteiger partial charge in [-0.05, 0) is 12.5 Å². The van der Waals surface area contributed by atoms with Crippen molar-refractivity contribution in [2.24, 2.45) is 5.92 Å². The molecule has 1 atom stereocenters. The summed E-state index contributed by atoms with van der Waals surface area (Å²) >= 11 is 0. The van der Waals surface area contributed by atoms with E-state index in [1.165, 1.54) is 0 Å². The highest BCUT2D eigenvalue weighted by molar-refractivity contribution is 5.78. The van der Waals surface area contributed by atoms with E-state index >= 15 is 0 Å². The Kier molecular flexibility index (Phi) is 3.09. The quantitative estimate of drug-likeness (QED) is 0.667. The Hall–Kier alpha value is -0.570. The van der Waals surface area contributed by atoms with Gasteiger partial charge in [0, 0.05) is 26.1 Å². The molecule has 1 aliphatic rings. The van der Waals surface area contributed by atoms with Gasteiger partial charge >= 0.3 is 0 Å². The lowest BCUT2D eigenvalue weighted by Crippen LogP contribution is -2.33. The number of carbonyl (C=O) groups excluding carboxylic acids is 1. The SMILES string of the molecule is CC(C)CNC1CC(=O)N(C)C1. The molecule has 3 nitrogen and oxygen atoms in total. The summed E-state index contributed by atoms with van der Waals surface area (Å²) in [6.45, 7) is 6.22. The molecule has 1 amide bonds. The maximum atomic E-state index is 11.1. The first-order chi connectivity index (χ1) is 5.59. The van der Waals surface area contributed by atoms with E-state index in [0.717, 1.165) is 13.1 Å². The third kappa shape index (κ3) is 2.48. The first kappa shape index (κ1) is 9.52. The maximum absolute atomic E-state index is 11.1. The zero-order valence-electron chi connectivity index (χ0n) is 8.13. The van der Waals surface area contributed by atoms with E-state index in [0.29, 0.717) is 18.4 Å². The van der Waals surface area contributed by atoms with Crippen molar-refractivity contribution in [3.63, 3.8) is 0 Å². The molecule has 1 rings (SSSR count). The summed E-state index contributed by atoms with van der Waals surface area (Å²) in [7, 11) is 1.86. The molecule has 0 aromatic rings. The number of amides is 1. The number of hydrogen-bond donors (Lipinski definition) is 1. The summed E-state index contributed by atoms with van der Waals surface area (Å²) in [6, 6.07) is 0.380. The lowest BCUT2D eigenvalue weighted by molar-refractivity contribution is -0.126. The molecule has 1 unspecified atom stereocenters. The molecule has 0 radical (unpaired) electrons. The molecule has 12 heavy (non-hydrogen) atoms. The van der Waals surface area contributed by atoms with Crippen LogP contribution < -0.4 is 5.32 Å². The number of likely N-dealkylation sites (N-methyl/N-ethyl adjacent to an activating group) is 1. The molecular formula is C9H18N2O. The largest absolute Gasteiger partial charge is 0.344 e. The van der Waals surface area contributed by atoms with Crippen LogP contribution in [0, 0.1) is 5.92 Å². The third-order valence-electron chi connectivity index (χ3n) is 2.16. The van der Waals surface area contributed by atoms with Crippen molar-refractivity contribution in [1.82, 2.24) is 10.2 Å². The van der Waals surface area contributed by atoms with Gasteiger partial charge in [-0.25, -0.2) is 0 Å². The van der Waals surface area contributed by atoms with Gasteiger partial charge in [0.25, 0.3) is 0 Å². The van der Waals surface area contributed by atoms with Crippen molar-refractivity contribution in [2.75, 3.05) is 20.1 Å². The van der Waals surface area contributed by atoms with E-state index < -0.39 is 0 Å². The smallest absolute Gasteiger partial charge is 0.224 e. The number of nitrogens with zero attached hydrogens (tertiary/aromatic N) is 1. The molecule has 3 heteroatoms. The van der Waals surface area contributed by atoms with Crippen LogP contribution in [0.4, 0.5) is 0 Å². The topological polar surface area (TPSA) is 32.3 Å². The molecule has 0 spiro atoms. The second-order valence-corrected chi connectivity index (χ2v) is 3.98. The standard InChI is InChI=1S/C9H18N2O/c1-7(2)5-10-8-4-9(12)11(3)6-8/h7-8,10H,4-6H2,1-3H3. The van der Waals surface area contributed by atoms with Crippen LogP contribution in [0.3, 0.4) is 0 Å². The monoisotopic (exact) mass is 170 g/mol. The van der Waals surface area contributed by atoms with Crippen LogP contribution in [0.15, 0.2) is 0 Å². The third-order valence-corrected chi connectivity index (χ3v) is 2.16. The van der Waals surface area contributed by atoms with E-state index in [-0.39, 0.29) is 5.91 Å². The first-order valence-electron chi connectivity index (χ1n) is 4.57. The van der Waals surface area contributed by atoms with E-state index in [1.807, 2.05) is 7.05 Å². The van der Waals surface area contributed by atoms with Gasteiger partial charge in [-0.2, -0.15) is 0 Å². The van der Waals surface area contributed by atoms with Gasteiger partial charge in [-0.1, -0.05) is 13.8 Å². The fraction of sp³-hybridized carbons (Fsp3) is 0.889. The van der Waals surface area contributed by atoms with E-state index in [9.17, 15) is 4.79 Å². The molecule has 0 saturated carbocycles. The molecule has 1 saturated heterocycles. The van der Waals surface area contributed by atoms with Crippen LogP contribution in [0.2, 0.25) is 0 Å². The van der Waals surface area contributed by atoms with Gasteiger partial charge in [0.15, 0.2) is 0 Å². The second kappa shape index (κ2) is 3.90. The number of likely N-dealkylation sites (tertiary alicyclic amines) is 1. The van der Waals surface area contributed by atoms with Crippen LogP contribution >= 0.6 is 0 Å². The lowest BCUT2D eigenvalue weighted by Gasteiger charge is -2.13. The minimum atomic E-state index is 0.260. The Labute approximate surface area is 74.1 Å². The number of rotatable bonds is 3. The number of nitrogens with one attached hydrogen (secondary N) is 1. The summed E-state index contributed by atoms with van der Waals surface area (Å²) < 4.78 is 0. The number of carbonyl (C=O) groups is 1. The van der Waals surface area contributed by atoms with Crippen LogP contribution in [-0.4, -0.2) is 37.0 Å². The molecule has 70 valence electrons. The first-order valence-corrected chi connectivity index (χ1v) is 4.57. The maximum Gasteiger partial charge on any atom is 0.224 e. The summed E-state index contributed by atoms with van der Waals surface area (Å²) in [5, 5.41) is 3.38. The normalized spacial score (nSPS) is 24.2. The van der Waals surface area contributed by atoms with Gasteiger partial charge in [-0.3, -0.25) is 4.79 Å². The highest BCUT2D eigenvalue weighted by Gasteiger charge is 2.25. The predicted octanol–water partition coefficient (Wildman–Crippen LogP) is 0.463. The predicted molar refractivity (Wildman–Crippen MR) is 48.9 cm³/mol. The fourth-order valence-electron chi connectivity index (χ4n) is 1.40. The van der Waals surface area contributed by atoms with Gasteiger partial charge in [0.2, 0.25) is 5.91 Å². The summed E-state index contributed by atoms with van der Waals surface area (Å²) in [5.74, 6) is 0.919. The Bertz CT molecular complexity index is 168. The van der Waals surface area contributed by atoms with E-state index in [1.54, 1.807) is 4.90 Å². The Balaban J connectivity index is 2.23. The van der Waals surface area contributed by atoms with Gasteiger partial charge in [-0.15, -0.1) is 0 Å². The lowest BCUT2D eigenvalue weighted by atomic mass is 10.2. The average Bonchev–Trinajstić information content (AvgIpc) is 2.28. The summed E-state index contributed by atoms with van der Waals surface area (Å²) in [6.07, 6.45) is 0.670. The minimum absolute atomic E-state index is 0.260. The highest BCUT2D eigenvalue weighted by atomic mass is 16.2. The van der Waals surface area contributed by atoms with Crippen molar-refractivity contribution in [3.05, 3.63) is 0 Å². The molecule has 0 aliphatic carbocycles. The molecule has 1 aliphatic heterocycles. The number of hydrogen-bond acceptors (Lipinski definition) is 2. The van der Waals surface area contributed by atoms with Crippen molar-refractivity contribution in [1.29, 1.82) is 0 Å². The Morgan fingerprint density at radius 3 is 2.75 bits per heavy atom. The van der Waals surface area contributed by atoms with Crippen molar-refractivity contribution >= 4 is 5.91 Å². The highest BCUT2D eigenvalue weighted by Crippen LogP contribution is 2.08. The zero-order valence-corrected chi connectivity index (χ0v) is 8.13. The van der Waals surface area contributed by atoms with Crippen LogP contribution in [-0.2, 0) is 4.79 Å². The Morgan fingerprint density at radius 1 is 1.67 bits per heavy atom. The molecule has 0 aromatic carbocycles. The zero-order chi connectivity index (χ0) is 9.14. The van der Waals surface area contributed by atoms with Gasteiger partial charge in [0.05, 0.1) is 0 Å². The van der Waals surface area contributed by atoms with Gasteiger partial charge in [0.1, 0.15) is 0 Å². The second-order valence-electron chi connectivity index (χ2n) is 3.98. The van der Waals surface area contributed by atoms with E-state index in [4.69, 9.17) is 0 Å². The summed E-state index contributed by atoms with van der Waals surface area (Å²) in [4.78, 5) is 12.9. The molecule has 1 fully saturated rings. The summed E-state index contributed by atoms with van der Waals surface area (Å²) in [5.41, 5.74) is 0. The fourth-order valence-corrected chi connectivity index (χ4v) is 1.40. The van der Waals surface area contributed by atoms with Crippen LogP contribution in [0.25, 0.3) is 0 Å². The molecule has 0 bridgehead atoms. The van der Waals surface area contributed by atoms with Crippen LogP contribution in [0.5, 0.6) is 0 Å². The van der Waals surface area contributed by atoms with Crippen molar-refractivity contribution < 1.29 is 4.79 Å². The average molecular weight is 170 g/mol. The molecule has 1 N–H and O–H groups in total. The van der Waals surface area contributed by atoms with Crippen molar-refractivity contribution in [3.8, 4) is 0 Å². The van der Waals surface area contributed by atoms with E-state index in [2.05, 4.69) is 19.2 Å². The molecule has 0 aromatic heterocycles. The molecular weight excluding hydrogens is 152 g/mol. The van der Waals surface area contributed by atoms with Crippen molar-refractivity contribution in [2.45, 2.75) is 26.3 Å².